The van der Waals surface area contributed by atoms with Crippen LogP contribution in [-0.4, -0.2) is 30.4 Å². The number of alkyl halides is 1. The molecular formula is C19H19BrINO3. The van der Waals surface area contributed by atoms with Crippen molar-refractivity contribution in [3.63, 3.8) is 0 Å². The Hall–Kier alpha value is -1.41. The van der Waals surface area contributed by atoms with Crippen LogP contribution in [-0.2, 0) is 8.28 Å². The van der Waals surface area contributed by atoms with E-state index >= 15 is 0 Å². The second-order valence-corrected chi connectivity index (χ2v) is 8.64. The fraction of sp³-hybridized carbons (Fsp3) is 0.263. The minimum absolute atomic E-state index is 0.00231. The molecule has 0 aromatic heterocycles. The highest BCUT2D eigenvalue weighted by Crippen LogP contribution is 2.36. The molecule has 1 atom stereocenters. The number of ether oxygens (including phenoxy) is 1. The molecule has 0 aliphatic carbocycles. The first kappa shape index (κ1) is 19.9. The molecule has 0 N–H and O–H groups in total. The maximum absolute atomic E-state index is 12.4. The van der Waals surface area contributed by atoms with Gasteiger partial charge in [0.05, 0.1) is 7.11 Å². The number of methoxy groups -OCH3 is 1. The molecule has 2 aromatic carbocycles. The predicted octanol–water partition coefficient (Wildman–Crippen LogP) is 5.40. The van der Waals surface area contributed by atoms with Crippen molar-refractivity contribution in [3.05, 3.63) is 70.2 Å². The zero-order valence-electron chi connectivity index (χ0n) is 14.0. The summed E-state index contributed by atoms with van der Waals surface area (Å²) in [6, 6.07) is 16.8. The van der Waals surface area contributed by atoms with Crippen LogP contribution in [0.15, 0.2) is 59.1 Å². The van der Waals surface area contributed by atoms with Crippen LogP contribution < -0.4 is 0 Å². The van der Waals surface area contributed by atoms with Crippen LogP contribution in [0.25, 0.3) is 0 Å². The van der Waals surface area contributed by atoms with E-state index in [0.717, 1.165) is 10.0 Å². The topological polar surface area (TPSA) is 46.6 Å². The number of benzene rings is 2. The van der Waals surface area contributed by atoms with Crippen LogP contribution in [0.5, 0.6) is 0 Å². The molecule has 6 heteroatoms. The molecule has 2 rings (SSSR count). The van der Waals surface area contributed by atoms with Gasteiger partial charge in [0.15, 0.2) is 5.78 Å². The molecule has 132 valence electrons. The highest BCUT2D eigenvalue weighted by molar-refractivity contribution is 14.1. The number of ketones is 1. The Bertz CT molecular complexity index is 732. The molecule has 0 heterocycles. The summed E-state index contributed by atoms with van der Waals surface area (Å²) in [7, 11) is 1.35. The van der Waals surface area contributed by atoms with E-state index in [9.17, 15) is 9.59 Å². The van der Waals surface area contributed by atoms with Gasteiger partial charge in [0.25, 0.3) is 0 Å². The van der Waals surface area contributed by atoms with Crippen molar-refractivity contribution in [2.45, 2.75) is 16.9 Å². The number of halogens is 2. The zero-order chi connectivity index (χ0) is 18.4. The molecule has 0 aliphatic heterocycles. The van der Waals surface area contributed by atoms with Gasteiger partial charge in [-0.25, -0.2) is 4.79 Å². The van der Waals surface area contributed by atoms with E-state index in [1.165, 1.54) is 7.11 Å². The molecule has 0 saturated carbocycles. The maximum Gasteiger partial charge on any atom is 0.410 e. The summed E-state index contributed by atoms with van der Waals surface area (Å²) in [4.78, 5) is 26.3. The number of Topliss-reactive ketones (excluding diaryl/α,β-unsaturated/α-hetero) is 1. The van der Waals surface area contributed by atoms with Gasteiger partial charge < -0.3 is 4.74 Å². The minimum Gasteiger partial charge on any atom is -0.453 e. The van der Waals surface area contributed by atoms with E-state index in [-0.39, 0.29) is 18.7 Å². The SMILES string of the molecule is COC(=O)N(CCC(=O)c1ccccc1)[C@@](C)(I)c1ccc(Br)cc1. The summed E-state index contributed by atoms with van der Waals surface area (Å²) >= 11 is 5.63. The Balaban J connectivity index is 2.19. The molecule has 1 amide bonds. The highest BCUT2D eigenvalue weighted by Gasteiger charge is 2.35. The van der Waals surface area contributed by atoms with Crippen molar-refractivity contribution in [1.29, 1.82) is 0 Å². The van der Waals surface area contributed by atoms with Crippen LogP contribution in [0.3, 0.4) is 0 Å². The Labute approximate surface area is 169 Å². The summed E-state index contributed by atoms with van der Waals surface area (Å²) in [6.45, 7) is 2.20. The number of nitrogens with zero attached hydrogens (tertiary/aromatic N) is 1. The lowest BCUT2D eigenvalue weighted by Crippen LogP contribution is -2.44. The van der Waals surface area contributed by atoms with E-state index in [0.29, 0.717) is 5.56 Å². The van der Waals surface area contributed by atoms with Crippen LogP contribution >= 0.6 is 38.5 Å². The van der Waals surface area contributed by atoms with E-state index < -0.39 is 9.64 Å². The van der Waals surface area contributed by atoms with E-state index in [1.54, 1.807) is 17.0 Å². The van der Waals surface area contributed by atoms with E-state index in [4.69, 9.17) is 4.74 Å². The average Bonchev–Trinajstić information content (AvgIpc) is 2.62. The van der Waals surface area contributed by atoms with Gasteiger partial charge in [-0.15, -0.1) is 0 Å². The van der Waals surface area contributed by atoms with Gasteiger partial charge in [0, 0.05) is 23.0 Å². The lowest BCUT2D eigenvalue weighted by atomic mass is 10.1. The third-order valence-corrected chi connectivity index (χ3v) is 5.67. The molecule has 0 saturated heterocycles. The minimum atomic E-state index is -0.636. The number of amides is 1. The third kappa shape index (κ3) is 5.04. The fourth-order valence-electron chi connectivity index (χ4n) is 2.47. The molecule has 0 aliphatic rings. The highest BCUT2D eigenvalue weighted by atomic mass is 127. The molecule has 0 radical (unpaired) electrons. The smallest absolute Gasteiger partial charge is 0.410 e. The normalized spacial score (nSPS) is 13.0. The first-order valence-electron chi connectivity index (χ1n) is 7.75. The van der Waals surface area contributed by atoms with Crippen LogP contribution in [0.1, 0.15) is 29.3 Å². The quantitative estimate of drug-likeness (QED) is 0.224. The molecule has 2 aromatic rings. The van der Waals surface area contributed by atoms with Crippen molar-refractivity contribution < 1.29 is 14.3 Å². The third-order valence-electron chi connectivity index (χ3n) is 3.93. The summed E-state index contributed by atoms with van der Waals surface area (Å²) in [6.07, 6.45) is -0.227. The maximum atomic E-state index is 12.4. The van der Waals surface area contributed by atoms with Crippen molar-refractivity contribution in [3.8, 4) is 0 Å². The first-order chi connectivity index (χ1) is 11.9. The predicted molar refractivity (Wildman–Crippen MR) is 110 cm³/mol. The van der Waals surface area contributed by atoms with Crippen molar-refractivity contribution in [2.24, 2.45) is 0 Å². The molecule has 0 bridgehead atoms. The molecular weight excluding hydrogens is 497 g/mol. The average molecular weight is 516 g/mol. The molecule has 0 fully saturated rings. The van der Waals surface area contributed by atoms with Gasteiger partial charge in [0.1, 0.15) is 3.55 Å². The van der Waals surface area contributed by atoms with Gasteiger partial charge in [-0.2, -0.15) is 0 Å². The number of carbonyl (C=O) groups is 2. The zero-order valence-corrected chi connectivity index (χ0v) is 17.8. The molecule has 4 nitrogen and oxygen atoms in total. The fourth-order valence-corrected chi connectivity index (χ4v) is 3.54. The lowest BCUT2D eigenvalue weighted by molar-refractivity contribution is 0.0896. The molecule has 0 spiro atoms. The summed E-state index contributed by atoms with van der Waals surface area (Å²) in [5.74, 6) is -0.00231. The standard InChI is InChI=1S/C19H19BrINO3/c1-19(21,15-8-10-16(20)11-9-15)22(18(24)25-2)13-12-17(23)14-6-4-3-5-7-14/h3-11H,12-13H2,1-2H3/t19-/m1/s1. The monoisotopic (exact) mass is 515 g/mol. The van der Waals surface area contributed by atoms with Gasteiger partial charge in [0.2, 0.25) is 0 Å². The Kier molecular flexibility index (Phi) is 7.01. The number of hydrogen-bond acceptors (Lipinski definition) is 3. The second-order valence-electron chi connectivity index (χ2n) is 5.62. The Morgan fingerprint density at radius 3 is 2.28 bits per heavy atom. The van der Waals surface area contributed by atoms with Crippen molar-refractivity contribution >= 4 is 50.4 Å². The molecule has 0 unspecified atom stereocenters. The van der Waals surface area contributed by atoms with Crippen LogP contribution in [0, 0.1) is 0 Å². The number of carbonyl (C=O) groups excluding carboxylic acids is 2. The van der Waals surface area contributed by atoms with E-state index in [2.05, 4.69) is 38.5 Å². The van der Waals surface area contributed by atoms with Crippen LogP contribution in [0.4, 0.5) is 4.79 Å². The van der Waals surface area contributed by atoms with Gasteiger partial charge in [-0.3, -0.25) is 9.69 Å². The summed E-state index contributed by atoms with van der Waals surface area (Å²) < 4.78 is 5.27. The number of hydrogen-bond donors (Lipinski definition) is 0. The van der Waals surface area contributed by atoms with Crippen LogP contribution in [0.2, 0.25) is 0 Å². The van der Waals surface area contributed by atoms with E-state index in [1.807, 2.05) is 49.4 Å². The summed E-state index contributed by atoms with van der Waals surface area (Å²) in [5.41, 5.74) is 1.60. The second kappa shape index (κ2) is 8.80. The van der Waals surface area contributed by atoms with Gasteiger partial charge >= 0.3 is 6.09 Å². The van der Waals surface area contributed by atoms with Gasteiger partial charge in [-0.1, -0.05) is 58.4 Å². The largest absolute Gasteiger partial charge is 0.453 e. The number of rotatable bonds is 6. The lowest BCUT2D eigenvalue weighted by Gasteiger charge is -2.36. The molecule has 25 heavy (non-hydrogen) atoms. The Morgan fingerprint density at radius 1 is 1.12 bits per heavy atom. The summed E-state index contributed by atoms with van der Waals surface area (Å²) in [5, 5.41) is 0. The first-order valence-corrected chi connectivity index (χ1v) is 9.62. The van der Waals surface area contributed by atoms with Gasteiger partial charge in [-0.05, 0) is 47.2 Å². The Morgan fingerprint density at radius 2 is 1.72 bits per heavy atom. The van der Waals surface area contributed by atoms with Crippen molar-refractivity contribution in [2.75, 3.05) is 13.7 Å². The van der Waals surface area contributed by atoms with Crippen molar-refractivity contribution in [1.82, 2.24) is 4.90 Å².